The lowest BCUT2D eigenvalue weighted by atomic mass is 9.39. The third-order valence-corrected chi connectivity index (χ3v) is 8.20. The molecule has 0 aromatic carbocycles. The summed E-state index contributed by atoms with van der Waals surface area (Å²) >= 11 is 0. The number of aliphatic hydroxyl groups excluding tert-OH is 2. The van der Waals surface area contributed by atoms with Gasteiger partial charge in [0, 0.05) is 24.7 Å². The zero-order chi connectivity index (χ0) is 23.1. The first kappa shape index (κ1) is 23.3. The SMILES string of the molecule is C=CC1(C)CC(=O)C2(O)C3(C)C(O)CCC(C)(C)C3C(O)C(O)(OC(C)=O)C2(C)O1. The molecule has 30 heavy (non-hydrogen) atoms. The number of Topliss-reactive ketones (excluding diaryl/α,β-unsaturated/α-hetero) is 1. The van der Waals surface area contributed by atoms with Gasteiger partial charge in [0.1, 0.15) is 6.10 Å². The number of aliphatic hydroxyl groups is 4. The zero-order valence-corrected chi connectivity index (χ0v) is 18.6. The van der Waals surface area contributed by atoms with Gasteiger partial charge in [-0.3, -0.25) is 9.59 Å². The van der Waals surface area contributed by atoms with Crippen LogP contribution in [0, 0.1) is 16.7 Å². The average molecular weight is 427 g/mol. The Bertz CT molecular complexity index is 794. The fourth-order valence-corrected chi connectivity index (χ4v) is 6.64. The highest BCUT2D eigenvalue weighted by Gasteiger charge is 2.86. The Balaban J connectivity index is 2.40. The van der Waals surface area contributed by atoms with Gasteiger partial charge in [-0.25, -0.2) is 0 Å². The lowest BCUT2D eigenvalue weighted by Gasteiger charge is -2.72. The van der Waals surface area contributed by atoms with Gasteiger partial charge in [-0.15, -0.1) is 6.58 Å². The fourth-order valence-electron chi connectivity index (χ4n) is 6.64. The number of ketones is 1. The van der Waals surface area contributed by atoms with E-state index in [0.29, 0.717) is 6.42 Å². The van der Waals surface area contributed by atoms with E-state index in [-0.39, 0.29) is 12.8 Å². The normalized spacial score (nSPS) is 52.7. The minimum atomic E-state index is -2.76. The maximum Gasteiger partial charge on any atom is 0.305 e. The molecule has 170 valence electrons. The van der Waals surface area contributed by atoms with Crippen molar-refractivity contribution in [2.45, 2.75) is 95.6 Å². The van der Waals surface area contributed by atoms with E-state index in [1.807, 2.05) is 13.8 Å². The highest BCUT2D eigenvalue weighted by atomic mass is 16.7. The maximum absolute atomic E-state index is 13.6. The average Bonchev–Trinajstić information content (AvgIpc) is 2.61. The van der Waals surface area contributed by atoms with Crippen LogP contribution in [0.2, 0.25) is 0 Å². The molecule has 8 nitrogen and oxygen atoms in total. The zero-order valence-electron chi connectivity index (χ0n) is 18.6. The summed E-state index contributed by atoms with van der Waals surface area (Å²) in [7, 11) is 0. The lowest BCUT2D eigenvalue weighted by molar-refractivity contribution is -0.445. The lowest BCUT2D eigenvalue weighted by Crippen LogP contribution is -2.90. The molecule has 1 heterocycles. The summed E-state index contributed by atoms with van der Waals surface area (Å²) in [5.74, 6) is -5.34. The van der Waals surface area contributed by atoms with Crippen LogP contribution < -0.4 is 0 Å². The number of carbonyl (C=O) groups excluding carboxylic acids is 2. The molecule has 0 spiro atoms. The van der Waals surface area contributed by atoms with Gasteiger partial charge in [-0.2, -0.15) is 0 Å². The quantitative estimate of drug-likeness (QED) is 0.290. The first-order valence-corrected chi connectivity index (χ1v) is 10.3. The van der Waals surface area contributed by atoms with E-state index in [9.17, 15) is 30.0 Å². The highest BCUT2D eigenvalue weighted by molar-refractivity contribution is 5.92. The highest BCUT2D eigenvalue weighted by Crippen LogP contribution is 2.68. The Morgan fingerprint density at radius 1 is 1.20 bits per heavy atom. The molecule has 2 saturated carbocycles. The molecule has 0 radical (unpaired) electrons. The third-order valence-electron chi connectivity index (χ3n) is 8.20. The van der Waals surface area contributed by atoms with Crippen molar-refractivity contribution in [1.29, 1.82) is 0 Å². The number of esters is 1. The van der Waals surface area contributed by atoms with Crippen LogP contribution in [0.4, 0.5) is 0 Å². The third kappa shape index (κ3) is 2.45. The van der Waals surface area contributed by atoms with Crippen molar-refractivity contribution in [1.82, 2.24) is 0 Å². The topological polar surface area (TPSA) is 134 Å². The van der Waals surface area contributed by atoms with Crippen molar-refractivity contribution >= 4 is 11.8 Å². The van der Waals surface area contributed by atoms with E-state index in [2.05, 4.69) is 6.58 Å². The van der Waals surface area contributed by atoms with Gasteiger partial charge in [0.25, 0.3) is 5.79 Å². The van der Waals surface area contributed by atoms with Gasteiger partial charge in [0.15, 0.2) is 17.0 Å². The predicted octanol–water partition coefficient (Wildman–Crippen LogP) is 0.840. The summed E-state index contributed by atoms with van der Waals surface area (Å²) < 4.78 is 11.4. The Kier molecular flexibility index (Phi) is 4.95. The summed E-state index contributed by atoms with van der Waals surface area (Å²) in [6.07, 6.45) is -1.06. The van der Waals surface area contributed by atoms with E-state index in [4.69, 9.17) is 9.47 Å². The van der Waals surface area contributed by atoms with E-state index < -0.39 is 63.3 Å². The van der Waals surface area contributed by atoms with Crippen molar-refractivity contribution < 1.29 is 39.5 Å². The second-order valence-corrected chi connectivity index (χ2v) is 10.5. The summed E-state index contributed by atoms with van der Waals surface area (Å²) in [4.78, 5) is 25.6. The molecular formula is C22H34O8. The number of hydrogen-bond donors (Lipinski definition) is 4. The number of hydrogen-bond acceptors (Lipinski definition) is 8. The molecule has 2 aliphatic carbocycles. The Labute approximate surface area is 176 Å². The fraction of sp³-hybridized carbons (Fsp3) is 0.818. The molecule has 0 aromatic rings. The smallest absolute Gasteiger partial charge is 0.305 e. The van der Waals surface area contributed by atoms with Crippen molar-refractivity contribution in [2.24, 2.45) is 16.7 Å². The molecule has 3 fully saturated rings. The molecule has 1 saturated heterocycles. The van der Waals surface area contributed by atoms with Gasteiger partial charge in [-0.1, -0.05) is 26.8 Å². The van der Waals surface area contributed by atoms with E-state index in [1.165, 1.54) is 19.9 Å². The minimum Gasteiger partial charge on any atom is -0.427 e. The standard InChI is InChI=1S/C22H34O8/c1-8-18(5)11-14(25)21(27)19(6)13(24)9-10-17(3,4)15(19)16(26)22(28,29-12(2)23)20(21,7)30-18/h8,13,15-16,24,26-28H,1,9-11H2,2-7H3. The second kappa shape index (κ2) is 6.36. The number of ether oxygens (including phenoxy) is 2. The second-order valence-electron chi connectivity index (χ2n) is 10.5. The molecule has 0 amide bonds. The van der Waals surface area contributed by atoms with Crippen molar-refractivity contribution in [2.75, 3.05) is 0 Å². The molecule has 0 aromatic heterocycles. The van der Waals surface area contributed by atoms with Gasteiger partial charge < -0.3 is 29.9 Å². The Morgan fingerprint density at radius 2 is 1.77 bits per heavy atom. The van der Waals surface area contributed by atoms with E-state index in [0.717, 1.165) is 6.92 Å². The summed E-state index contributed by atoms with van der Waals surface area (Å²) in [5.41, 5.74) is -8.35. The minimum absolute atomic E-state index is 0.260. The summed E-state index contributed by atoms with van der Waals surface area (Å²) in [6.45, 7) is 12.7. The van der Waals surface area contributed by atoms with Crippen molar-refractivity contribution in [3.05, 3.63) is 12.7 Å². The first-order chi connectivity index (χ1) is 13.5. The number of rotatable bonds is 2. The number of carbonyl (C=O) groups is 2. The van der Waals surface area contributed by atoms with Crippen LogP contribution in [0.3, 0.4) is 0 Å². The van der Waals surface area contributed by atoms with Gasteiger partial charge in [-0.05, 0) is 32.1 Å². The predicted molar refractivity (Wildman–Crippen MR) is 106 cm³/mol. The molecule has 3 rings (SSSR count). The van der Waals surface area contributed by atoms with Gasteiger partial charge >= 0.3 is 5.97 Å². The van der Waals surface area contributed by atoms with Crippen LogP contribution in [-0.4, -0.2) is 67.0 Å². The monoisotopic (exact) mass is 426 g/mol. The molecule has 0 bridgehead atoms. The molecule has 8 atom stereocenters. The molecule has 8 heteroatoms. The largest absolute Gasteiger partial charge is 0.427 e. The van der Waals surface area contributed by atoms with Crippen LogP contribution in [0.25, 0.3) is 0 Å². The van der Waals surface area contributed by atoms with Crippen LogP contribution in [-0.2, 0) is 19.1 Å². The van der Waals surface area contributed by atoms with E-state index >= 15 is 0 Å². The van der Waals surface area contributed by atoms with Crippen LogP contribution in [0.15, 0.2) is 12.7 Å². The van der Waals surface area contributed by atoms with Gasteiger partial charge in [0.2, 0.25) is 0 Å². The molecule has 1 aliphatic heterocycles. The maximum atomic E-state index is 13.6. The molecule has 3 aliphatic rings. The molecular weight excluding hydrogens is 392 g/mol. The van der Waals surface area contributed by atoms with E-state index in [1.54, 1.807) is 6.92 Å². The first-order valence-electron chi connectivity index (χ1n) is 10.3. The Morgan fingerprint density at radius 3 is 2.27 bits per heavy atom. The Hall–Kier alpha value is -1.32. The van der Waals surface area contributed by atoms with Crippen LogP contribution in [0.1, 0.15) is 60.8 Å². The van der Waals surface area contributed by atoms with Gasteiger partial charge in [0.05, 0.1) is 11.7 Å². The van der Waals surface area contributed by atoms with Crippen LogP contribution >= 0.6 is 0 Å². The summed E-state index contributed by atoms with van der Waals surface area (Å²) in [6, 6.07) is 0. The molecule has 8 unspecified atom stereocenters. The van der Waals surface area contributed by atoms with Crippen molar-refractivity contribution in [3.8, 4) is 0 Å². The summed E-state index contributed by atoms with van der Waals surface area (Å²) in [5, 5.41) is 46.4. The van der Waals surface area contributed by atoms with Crippen LogP contribution in [0.5, 0.6) is 0 Å². The number of fused-ring (bicyclic) bond motifs is 3. The molecule has 4 N–H and O–H groups in total. The van der Waals surface area contributed by atoms with Crippen molar-refractivity contribution in [3.63, 3.8) is 0 Å².